The number of carbonyl (C=O) groups excluding carboxylic acids is 1. The molecule has 1 aliphatic carbocycles. The van der Waals surface area contributed by atoms with E-state index in [2.05, 4.69) is 89.2 Å². The summed E-state index contributed by atoms with van der Waals surface area (Å²) in [4.78, 5) is 14.8. The first-order valence-electron chi connectivity index (χ1n) is 12.4. The largest absolute Gasteiger partial charge is 0.363 e. The molecule has 1 heterocycles. The van der Waals surface area contributed by atoms with Crippen LogP contribution in [0.15, 0.2) is 77.3 Å². The van der Waals surface area contributed by atoms with Gasteiger partial charge in [-0.25, -0.2) is 0 Å². The topological polar surface area (TPSA) is 86.8 Å². The van der Waals surface area contributed by atoms with Crippen LogP contribution in [0.2, 0.25) is 0 Å². The summed E-state index contributed by atoms with van der Waals surface area (Å²) in [6, 6.07) is 25.2. The molecule has 0 spiro atoms. The molecular weight excluding hydrogens is 516 g/mol. The van der Waals surface area contributed by atoms with Crippen molar-refractivity contribution in [1.82, 2.24) is 20.6 Å². The second kappa shape index (κ2) is 11.5. The van der Waals surface area contributed by atoms with E-state index in [1.807, 2.05) is 30.3 Å². The van der Waals surface area contributed by atoms with Crippen LogP contribution in [0.4, 0.5) is 11.6 Å². The third kappa shape index (κ3) is 6.18. The average Bonchev–Trinajstić information content (AvgIpc) is 3.42. The fourth-order valence-corrected chi connectivity index (χ4v) is 5.30. The first-order valence-corrected chi connectivity index (χ1v) is 13.2. The number of H-pyrrole nitrogens is 1. The number of aromatic nitrogens is 4. The minimum atomic E-state index is -0.271. The molecule has 1 fully saturated rings. The molecule has 1 aliphatic rings. The lowest BCUT2D eigenvalue weighted by Crippen LogP contribution is -2.22. The summed E-state index contributed by atoms with van der Waals surface area (Å²) in [5, 5.41) is 15.9. The number of nitrogens with one attached hydrogen (secondary N) is 2. The van der Waals surface area contributed by atoms with Gasteiger partial charge in [0, 0.05) is 28.8 Å². The monoisotopic (exact) mass is 544 g/mol. The van der Waals surface area contributed by atoms with Crippen molar-refractivity contribution in [3.63, 3.8) is 0 Å². The van der Waals surface area contributed by atoms with Gasteiger partial charge < -0.3 is 4.90 Å². The minimum absolute atomic E-state index is 0.154. The molecule has 3 aromatic carbocycles. The van der Waals surface area contributed by atoms with E-state index in [4.69, 9.17) is 0 Å². The molecule has 0 aliphatic heterocycles. The Kier molecular flexibility index (Phi) is 7.71. The molecule has 7 nitrogen and oxygen atoms in total. The number of hydrogen-bond acceptors (Lipinski definition) is 5. The highest BCUT2D eigenvalue weighted by atomic mass is 79.9. The van der Waals surface area contributed by atoms with Gasteiger partial charge in [0.25, 0.3) is 11.9 Å². The maximum Gasteiger partial charge on any atom is 0.270 e. The fraction of sp³-hybridized carbons (Fsp3) is 0.286. The highest BCUT2D eigenvalue weighted by molar-refractivity contribution is 9.10. The lowest BCUT2D eigenvalue weighted by Gasteiger charge is -2.27. The van der Waals surface area contributed by atoms with E-state index in [9.17, 15) is 4.79 Å². The first-order chi connectivity index (χ1) is 17.6. The zero-order chi connectivity index (χ0) is 24.7. The third-order valence-electron chi connectivity index (χ3n) is 6.76. The Morgan fingerprint density at radius 1 is 0.944 bits per heavy atom. The Balaban J connectivity index is 1.33. The van der Waals surface area contributed by atoms with Crippen molar-refractivity contribution in [1.29, 1.82) is 0 Å². The summed E-state index contributed by atoms with van der Waals surface area (Å²) in [6.07, 6.45) is 6.64. The van der Waals surface area contributed by atoms with E-state index >= 15 is 0 Å². The van der Waals surface area contributed by atoms with E-state index in [-0.39, 0.29) is 11.9 Å². The molecule has 2 N–H and O–H groups in total. The molecule has 1 amide bonds. The van der Waals surface area contributed by atoms with Gasteiger partial charge in [-0.15, -0.1) is 5.10 Å². The minimum Gasteiger partial charge on any atom is -0.363 e. The Bertz CT molecular complexity index is 1270. The third-order valence-corrected chi connectivity index (χ3v) is 7.25. The van der Waals surface area contributed by atoms with Crippen molar-refractivity contribution in [2.24, 2.45) is 0 Å². The molecule has 1 aromatic heterocycles. The van der Waals surface area contributed by atoms with Gasteiger partial charge in [-0.2, -0.15) is 5.21 Å². The molecule has 0 bridgehead atoms. The van der Waals surface area contributed by atoms with Crippen LogP contribution in [-0.2, 0) is 13.1 Å². The van der Waals surface area contributed by atoms with Crippen LogP contribution in [0.1, 0.15) is 65.1 Å². The second-order valence-electron chi connectivity index (χ2n) is 9.30. The van der Waals surface area contributed by atoms with Crippen molar-refractivity contribution in [3.8, 4) is 0 Å². The molecule has 0 saturated heterocycles. The average molecular weight is 545 g/mol. The molecular formula is C28H29BrN6O. The summed E-state index contributed by atoms with van der Waals surface area (Å²) in [5.41, 5.74) is 5.54. The Labute approximate surface area is 219 Å². The second-order valence-corrected chi connectivity index (χ2v) is 10.2. The van der Waals surface area contributed by atoms with Gasteiger partial charge in [0.2, 0.25) is 0 Å². The number of anilines is 2. The van der Waals surface area contributed by atoms with Crippen molar-refractivity contribution in [2.45, 2.75) is 51.1 Å². The van der Waals surface area contributed by atoms with Gasteiger partial charge in [-0.3, -0.25) is 10.1 Å². The van der Waals surface area contributed by atoms with Gasteiger partial charge in [-0.1, -0.05) is 76.7 Å². The molecule has 1 saturated carbocycles. The number of nitrogens with zero attached hydrogens (tertiary/aromatic N) is 4. The lowest BCUT2D eigenvalue weighted by molar-refractivity contribution is 0.102. The van der Waals surface area contributed by atoms with E-state index in [0.717, 1.165) is 23.1 Å². The molecule has 0 unspecified atom stereocenters. The maximum atomic E-state index is 12.5. The fourth-order valence-electron chi connectivity index (χ4n) is 4.86. The number of rotatable bonds is 8. The van der Waals surface area contributed by atoms with Crippen LogP contribution in [0.3, 0.4) is 0 Å². The van der Waals surface area contributed by atoms with Crippen LogP contribution < -0.4 is 10.2 Å². The highest BCUT2D eigenvalue weighted by Gasteiger charge is 2.17. The number of tetrazole rings is 1. The van der Waals surface area contributed by atoms with Gasteiger partial charge in [-0.05, 0) is 77.1 Å². The van der Waals surface area contributed by atoms with E-state index in [1.165, 1.54) is 48.9 Å². The van der Waals surface area contributed by atoms with Gasteiger partial charge in [0.15, 0.2) is 0 Å². The number of halogens is 1. The molecule has 8 heteroatoms. The number of carbonyl (C=O) groups is 1. The van der Waals surface area contributed by atoms with Crippen molar-refractivity contribution < 1.29 is 4.79 Å². The van der Waals surface area contributed by atoms with E-state index in [0.29, 0.717) is 11.5 Å². The van der Waals surface area contributed by atoms with Crippen LogP contribution in [0.5, 0.6) is 0 Å². The molecule has 4 aromatic rings. The number of aromatic amines is 1. The van der Waals surface area contributed by atoms with E-state index in [1.54, 1.807) is 0 Å². The predicted molar refractivity (Wildman–Crippen MR) is 145 cm³/mol. The van der Waals surface area contributed by atoms with Crippen LogP contribution in [-0.4, -0.2) is 26.5 Å². The Hall–Kier alpha value is -3.52. The summed E-state index contributed by atoms with van der Waals surface area (Å²) in [7, 11) is 0. The standard InChI is InChI=1S/C28H29BrN6O/c29-25-8-4-5-21(17-25)19-35(26-15-13-23(14-16-26)22-6-2-1-3-7-22)18-20-9-11-24(12-10-20)27(36)30-28-31-33-34-32-28/h4-5,8-17,22H,1-3,6-7,18-19H2,(H2,30,31,32,33,34,36). The summed E-state index contributed by atoms with van der Waals surface area (Å²) < 4.78 is 1.07. The molecule has 184 valence electrons. The van der Waals surface area contributed by atoms with Crippen LogP contribution in [0, 0.1) is 0 Å². The van der Waals surface area contributed by atoms with Crippen LogP contribution in [0.25, 0.3) is 0 Å². The molecule has 5 rings (SSSR count). The summed E-state index contributed by atoms with van der Waals surface area (Å²) in [5.74, 6) is 0.575. The number of hydrogen-bond donors (Lipinski definition) is 2. The zero-order valence-corrected chi connectivity index (χ0v) is 21.6. The maximum absolute atomic E-state index is 12.5. The molecule has 36 heavy (non-hydrogen) atoms. The zero-order valence-electron chi connectivity index (χ0n) is 20.0. The lowest BCUT2D eigenvalue weighted by atomic mass is 9.84. The van der Waals surface area contributed by atoms with E-state index < -0.39 is 0 Å². The normalized spacial score (nSPS) is 13.9. The SMILES string of the molecule is O=C(Nc1nn[nH]n1)c1ccc(CN(Cc2cccc(Br)c2)c2ccc(C3CCCCC3)cc2)cc1. The Morgan fingerprint density at radius 3 is 2.39 bits per heavy atom. The molecule has 0 radical (unpaired) electrons. The quantitative estimate of drug-likeness (QED) is 0.265. The predicted octanol–water partition coefficient (Wildman–Crippen LogP) is 6.47. The highest BCUT2D eigenvalue weighted by Crippen LogP contribution is 2.34. The van der Waals surface area contributed by atoms with Crippen molar-refractivity contribution in [2.75, 3.05) is 10.2 Å². The summed E-state index contributed by atoms with van der Waals surface area (Å²) in [6.45, 7) is 1.50. The van der Waals surface area contributed by atoms with Crippen LogP contribution >= 0.6 is 15.9 Å². The Morgan fingerprint density at radius 2 is 1.69 bits per heavy atom. The number of benzene rings is 3. The smallest absolute Gasteiger partial charge is 0.270 e. The number of amides is 1. The molecule has 0 atom stereocenters. The van der Waals surface area contributed by atoms with Gasteiger partial charge in [0.05, 0.1) is 0 Å². The summed E-state index contributed by atoms with van der Waals surface area (Å²) >= 11 is 3.60. The van der Waals surface area contributed by atoms with Gasteiger partial charge in [0.1, 0.15) is 0 Å². The van der Waals surface area contributed by atoms with Gasteiger partial charge >= 0.3 is 0 Å². The first kappa shape index (κ1) is 24.2. The van der Waals surface area contributed by atoms with Crippen molar-refractivity contribution >= 4 is 33.5 Å². The van der Waals surface area contributed by atoms with Crippen molar-refractivity contribution in [3.05, 3.63) is 99.5 Å².